The predicted octanol–water partition coefficient (Wildman–Crippen LogP) is 5.36. The smallest absolute Gasteiger partial charge is 0.258 e. The Bertz CT molecular complexity index is 1340. The Labute approximate surface area is 228 Å². The lowest BCUT2D eigenvalue weighted by Gasteiger charge is -2.35. The summed E-state index contributed by atoms with van der Waals surface area (Å²) in [5, 5.41) is 7.35. The highest BCUT2D eigenvalue weighted by atomic mass is 79.9. The van der Waals surface area contributed by atoms with Crippen LogP contribution in [0, 0.1) is 11.8 Å². The molecule has 38 heavy (non-hydrogen) atoms. The lowest BCUT2D eigenvalue weighted by atomic mass is 9.97. The number of benzene rings is 1. The number of nitrogens with zero attached hydrogens (tertiary/aromatic N) is 6. The Hall–Kier alpha value is -3.08. The molecule has 2 aliphatic heterocycles. The first-order valence-corrected chi connectivity index (χ1v) is 13.9. The standard InChI is InChI=1S/C27H30BrF2N7O/c1-35-16-31-24(34-35)21-6-7-23(32-25(21)36-10-8-27(29,30)9-11-36)33-26(38)20-5-4-19(28)13-22(20)37-14-17-2-3-18(12-17)15-37/h4-7,13,16-18H,2-3,8-12,14-15H2,1H3,(H,32,33,38). The van der Waals surface area contributed by atoms with Crippen LogP contribution in [-0.4, -0.2) is 57.8 Å². The van der Waals surface area contributed by atoms with Gasteiger partial charge in [0.05, 0.1) is 16.8 Å². The Morgan fingerprint density at radius 2 is 1.82 bits per heavy atom. The molecule has 2 saturated heterocycles. The third-order valence-corrected chi connectivity index (χ3v) is 8.40. The third kappa shape index (κ3) is 5.12. The molecule has 1 aliphatic carbocycles. The molecule has 0 radical (unpaired) electrons. The molecule has 6 rings (SSSR count). The molecule has 11 heteroatoms. The van der Waals surface area contributed by atoms with Crippen LogP contribution in [0.15, 0.2) is 41.1 Å². The molecule has 3 aliphatic rings. The van der Waals surface area contributed by atoms with Gasteiger partial charge >= 0.3 is 0 Å². The monoisotopic (exact) mass is 585 g/mol. The van der Waals surface area contributed by atoms with Crippen molar-refractivity contribution in [1.29, 1.82) is 0 Å². The number of hydrogen-bond acceptors (Lipinski definition) is 6. The number of fused-ring (bicyclic) bond motifs is 2. The second-order valence-electron chi connectivity index (χ2n) is 10.7. The summed E-state index contributed by atoms with van der Waals surface area (Å²) in [6.07, 6.45) is 4.87. The fourth-order valence-electron chi connectivity index (χ4n) is 5.99. The summed E-state index contributed by atoms with van der Waals surface area (Å²) < 4.78 is 30.3. The topological polar surface area (TPSA) is 79.2 Å². The van der Waals surface area contributed by atoms with Gasteiger partial charge in [-0.3, -0.25) is 9.48 Å². The van der Waals surface area contributed by atoms with E-state index in [1.165, 1.54) is 19.3 Å². The van der Waals surface area contributed by atoms with Gasteiger partial charge in [0, 0.05) is 50.5 Å². The number of nitrogens with one attached hydrogen (secondary N) is 1. The zero-order chi connectivity index (χ0) is 26.4. The molecule has 0 spiro atoms. The van der Waals surface area contributed by atoms with Crippen molar-refractivity contribution >= 4 is 39.2 Å². The Morgan fingerprint density at radius 3 is 2.50 bits per heavy atom. The summed E-state index contributed by atoms with van der Waals surface area (Å²) in [4.78, 5) is 26.8. The van der Waals surface area contributed by atoms with Crippen molar-refractivity contribution in [2.45, 2.75) is 38.0 Å². The van der Waals surface area contributed by atoms with E-state index in [2.05, 4.69) is 36.2 Å². The number of hydrogen-bond donors (Lipinski definition) is 1. The fourth-order valence-corrected chi connectivity index (χ4v) is 6.34. The van der Waals surface area contributed by atoms with Gasteiger partial charge in [-0.1, -0.05) is 15.9 Å². The van der Waals surface area contributed by atoms with Crippen molar-refractivity contribution in [2.75, 3.05) is 41.3 Å². The highest BCUT2D eigenvalue weighted by Crippen LogP contribution is 2.40. The number of pyridine rings is 1. The number of alkyl halides is 2. The van der Waals surface area contributed by atoms with E-state index >= 15 is 0 Å². The number of aryl methyl sites for hydroxylation is 1. The highest BCUT2D eigenvalue weighted by molar-refractivity contribution is 9.10. The van der Waals surface area contributed by atoms with Crippen LogP contribution in [0.3, 0.4) is 0 Å². The molecule has 1 aromatic carbocycles. The van der Waals surface area contributed by atoms with E-state index in [4.69, 9.17) is 4.98 Å². The van der Waals surface area contributed by atoms with Gasteiger partial charge in [-0.2, -0.15) is 5.10 Å². The number of carbonyl (C=O) groups is 1. The first kappa shape index (κ1) is 25.2. The third-order valence-electron chi connectivity index (χ3n) is 7.90. The van der Waals surface area contributed by atoms with Gasteiger partial charge in [-0.15, -0.1) is 0 Å². The molecule has 3 fully saturated rings. The van der Waals surface area contributed by atoms with Crippen LogP contribution in [0.2, 0.25) is 0 Å². The van der Waals surface area contributed by atoms with Gasteiger partial charge in [0.15, 0.2) is 5.82 Å². The minimum absolute atomic E-state index is 0.158. The second-order valence-corrected chi connectivity index (χ2v) is 11.6. The number of amides is 1. The van der Waals surface area contributed by atoms with Crippen molar-refractivity contribution in [3.05, 3.63) is 46.7 Å². The number of rotatable bonds is 5. The van der Waals surface area contributed by atoms with Crippen LogP contribution >= 0.6 is 15.9 Å². The van der Waals surface area contributed by atoms with Gasteiger partial charge in [0.25, 0.3) is 11.8 Å². The fraction of sp³-hybridized carbons (Fsp3) is 0.481. The van der Waals surface area contributed by atoms with E-state index in [0.717, 1.165) is 23.2 Å². The Balaban J connectivity index is 1.29. The van der Waals surface area contributed by atoms with E-state index in [0.29, 0.717) is 40.4 Å². The average Bonchev–Trinajstić information content (AvgIpc) is 3.47. The summed E-state index contributed by atoms with van der Waals surface area (Å²) in [7, 11) is 1.77. The summed E-state index contributed by atoms with van der Waals surface area (Å²) in [5.41, 5.74) is 2.15. The summed E-state index contributed by atoms with van der Waals surface area (Å²) in [5.74, 6) is -0.270. The minimum Gasteiger partial charge on any atom is -0.370 e. The van der Waals surface area contributed by atoms with Crippen LogP contribution in [0.4, 0.5) is 26.1 Å². The zero-order valence-corrected chi connectivity index (χ0v) is 22.8. The minimum atomic E-state index is -2.68. The lowest BCUT2D eigenvalue weighted by Crippen LogP contribution is -2.40. The van der Waals surface area contributed by atoms with Crippen LogP contribution in [0.25, 0.3) is 11.4 Å². The molecule has 2 bridgehead atoms. The zero-order valence-electron chi connectivity index (χ0n) is 21.2. The van der Waals surface area contributed by atoms with E-state index in [-0.39, 0.29) is 31.8 Å². The molecule has 2 aromatic heterocycles. The number of piperidine rings is 2. The highest BCUT2D eigenvalue weighted by Gasteiger charge is 2.36. The molecule has 3 aromatic rings. The van der Waals surface area contributed by atoms with Crippen molar-refractivity contribution in [1.82, 2.24) is 19.7 Å². The normalized spacial score (nSPS) is 22.5. The van der Waals surface area contributed by atoms with E-state index < -0.39 is 5.92 Å². The van der Waals surface area contributed by atoms with Crippen molar-refractivity contribution in [3.8, 4) is 11.4 Å². The molecular formula is C27H30BrF2N7O. The molecular weight excluding hydrogens is 556 g/mol. The molecule has 2 atom stereocenters. The first-order chi connectivity index (χ1) is 18.2. The van der Waals surface area contributed by atoms with E-state index in [1.807, 2.05) is 23.1 Å². The molecule has 8 nitrogen and oxygen atoms in total. The van der Waals surface area contributed by atoms with Crippen LogP contribution in [0.5, 0.6) is 0 Å². The molecule has 2 unspecified atom stereocenters. The number of halogens is 3. The summed E-state index contributed by atoms with van der Waals surface area (Å²) in [6, 6.07) is 9.24. The Kier molecular flexibility index (Phi) is 6.57. The lowest BCUT2D eigenvalue weighted by molar-refractivity contribution is -0.0221. The van der Waals surface area contributed by atoms with Crippen molar-refractivity contribution in [2.24, 2.45) is 18.9 Å². The first-order valence-electron chi connectivity index (χ1n) is 13.1. The maximum Gasteiger partial charge on any atom is 0.258 e. The van der Waals surface area contributed by atoms with Crippen LogP contribution < -0.4 is 15.1 Å². The van der Waals surface area contributed by atoms with Gasteiger partial charge in [-0.25, -0.2) is 18.7 Å². The molecule has 1 amide bonds. The largest absolute Gasteiger partial charge is 0.370 e. The molecule has 4 heterocycles. The van der Waals surface area contributed by atoms with Gasteiger partial charge < -0.3 is 15.1 Å². The van der Waals surface area contributed by atoms with Gasteiger partial charge in [0.2, 0.25) is 0 Å². The average molecular weight is 586 g/mol. The van der Waals surface area contributed by atoms with E-state index in [1.54, 1.807) is 30.2 Å². The SMILES string of the molecule is Cn1cnc(-c2ccc(NC(=O)c3ccc(Br)cc3N3CC4CCC(C4)C3)nc2N2CCC(F)(F)CC2)n1. The number of anilines is 3. The quantitative estimate of drug-likeness (QED) is 0.434. The van der Waals surface area contributed by atoms with Crippen LogP contribution in [-0.2, 0) is 7.05 Å². The summed E-state index contributed by atoms with van der Waals surface area (Å²) >= 11 is 3.58. The van der Waals surface area contributed by atoms with Gasteiger partial charge in [-0.05, 0) is 61.4 Å². The number of aromatic nitrogens is 4. The maximum absolute atomic E-state index is 13.9. The summed E-state index contributed by atoms with van der Waals surface area (Å²) in [6.45, 7) is 2.23. The van der Waals surface area contributed by atoms with Crippen LogP contribution in [0.1, 0.15) is 42.5 Å². The number of carbonyl (C=O) groups excluding carboxylic acids is 1. The van der Waals surface area contributed by atoms with Gasteiger partial charge in [0.1, 0.15) is 18.0 Å². The molecule has 200 valence electrons. The maximum atomic E-state index is 13.9. The predicted molar refractivity (Wildman–Crippen MR) is 146 cm³/mol. The van der Waals surface area contributed by atoms with Crippen molar-refractivity contribution < 1.29 is 13.6 Å². The second kappa shape index (κ2) is 9.91. The molecule has 1 saturated carbocycles. The molecule has 1 N–H and O–H groups in total. The Morgan fingerprint density at radius 1 is 1.08 bits per heavy atom. The van der Waals surface area contributed by atoms with Crippen molar-refractivity contribution in [3.63, 3.8) is 0 Å². The van der Waals surface area contributed by atoms with E-state index in [9.17, 15) is 13.6 Å².